The minimum atomic E-state index is 0. The molecule has 0 radical (unpaired) electrons. The summed E-state index contributed by atoms with van der Waals surface area (Å²) in [5, 5.41) is 7.32. The van der Waals surface area contributed by atoms with Gasteiger partial charge in [-0.25, -0.2) is 5.48 Å². The average Bonchev–Trinajstić information content (AvgIpc) is 2.44. The molecule has 5 heteroatoms. The number of hydrogen-bond acceptors (Lipinski definition) is 3. The number of halogens is 2. The van der Waals surface area contributed by atoms with E-state index >= 15 is 0 Å². The molecule has 0 unspecified atom stereocenters. The quantitative estimate of drug-likeness (QED) is 0.715. The second-order valence-corrected chi connectivity index (χ2v) is 3.87. The van der Waals surface area contributed by atoms with E-state index in [-0.39, 0.29) is 24.8 Å². The van der Waals surface area contributed by atoms with Crippen molar-refractivity contribution in [3.63, 3.8) is 0 Å². The predicted molar refractivity (Wildman–Crippen MR) is 97.8 cm³/mol. The molecule has 2 N–H and O–H groups in total. The van der Waals surface area contributed by atoms with E-state index in [1.54, 1.807) is 5.48 Å². The molecule has 3 nitrogen and oxygen atoms in total. The van der Waals surface area contributed by atoms with Crippen molar-refractivity contribution >= 4 is 24.8 Å². The molecule has 0 bridgehead atoms. The van der Waals surface area contributed by atoms with Crippen LogP contribution in [-0.4, -0.2) is 38.3 Å². The van der Waals surface area contributed by atoms with Gasteiger partial charge in [0.15, 0.2) is 0 Å². The van der Waals surface area contributed by atoms with Gasteiger partial charge in [-0.15, -0.1) is 24.8 Å². The van der Waals surface area contributed by atoms with Gasteiger partial charge in [0.1, 0.15) is 0 Å². The van der Waals surface area contributed by atoms with Gasteiger partial charge in [0.2, 0.25) is 0 Å². The van der Waals surface area contributed by atoms with E-state index in [0.717, 1.165) is 0 Å². The lowest BCUT2D eigenvalue weighted by Crippen LogP contribution is -1.99. The van der Waals surface area contributed by atoms with Crippen LogP contribution in [0.3, 0.4) is 0 Å². The summed E-state index contributed by atoms with van der Waals surface area (Å²) >= 11 is 0. The predicted octanol–water partition coefficient (Wildman–Crippen LogP) is 3.99. The Balaban J connectivity index is -0.0000000924. The number of rotatable bonds is 0. The first-order valence-corrected chi connectivity index (χ1v) is 6.07. The molecule has 0 atom stereocenters. The summed E-state index contributed by atoms with van der Waals surface area (Å²) < 4.78 is 0. The van der Waals surface area contributed by atoms with Crippen molar-refractivity contribution in [2.24, 2.45) is 0 Å². The van der Waals surface area contributed by atoms with Crippen LogP contribution in [0.1, 0.15) is 0 Å². The Bertz CT molecular complexity index is 247. The topological polar surface area (TPSA) is 35.5 Å². The highest BCUT2D eigenvalue weighted by Gasteiger charge is 1.59. The van der Waals surface area contributed by atoms with E-state index in [1.165, 1.54) is 7.05 Å². The van der Waals surface area contributed by atoms with Gasteiger partial charge in [0, 0.05) is 7.05 Å². The molecular weight excluding hydrogens is 307 g/mol. The average molecular weight is 335 g/mol. The van der Waals surface area contributed by atoms with Crippen molar-refractivity contribution in [3.05, 3.63) is 72.8 Å². The maximum Gasteiger partial charge on any atom is 0.00929 e. The summed E-state index contributed by atoms with van der Waals surface area (Å²) in [6.07, 6.45) is 0. The van der Waals surface area contributed by atoms with E-state index in [9.17, 15) is 0 Å². The number of benzene rings is 2. The van der Waals surface area contributed by atoms with Crippen LogP contribution in [-0.2, 0) is 0 Å². The smallest absolute Gasteiger partial charge is 0.00929 e. The Kier molecular flexibility index (Phi) is 36.5. The summed E-state index contributed by atoms with van der Waals surface area (Å²) in [6, 6.07) is 24.0. The Morgan fingerprint density at radius 1 is 0.571 bits per heavy atom. The number of nitrogens with one attached hydrogen (secondary N) is 1. The molecule has 2 aromatic carbocycles. The van der Waals surface area contributed by atoms with Crippen molar-refractivity contribution in [1.82, 2.24) is 10.4 Å². The van der Waals surface area contributed by atoms with Crippen LogP contribution in [0.4, 0.5) is 0 Å². The lowest BCUT2D eigenvalue weighted by Gasteiger charge is -1.90. The number of hydrogen-bond donors (Lipinski definition) is 2. The second-order valence-electron chi connectivity index (χ2n) is 3.87. The third-order valence-electron chi connectivity index (χ3n) is 1.33. The molecule has 0 heterocycles. The molecule has 2 rings (SSSR count). The molecule has 21 heavy (non-hydrogen) atoms. The largest absolute Gasteiger partial charge is 0.317 e. The summed E-state index contributed by atoms with van der Waals surface area (Å²) in [5.74, 6) is 0. The van der Waals surface area contributed by atoms with Gasteiger partial charge in [-0.1, -0.05) is 72.8 Å². The molecule has 0 aromatic heterocycles. The van der Waals surface area contributed by atoms with Crippen LogP contribution < -0.4 is 5.48 Å². The van der Waals surface area contributed by atoms with Crippen molar-refractivity contribution in [2.75, 3.05) is 28.2 Å². The standard InChI is InChI=1S/2C6H6.C3H9N.CH5NO.2ClH/c2*1-2-4-6-5-3-1;1-4(2)3;1-2-3;;/h2*1-6H;1-3H3;2-3H,1H3;2*1H. The fraction of sp³-hybridized carbons (Fsp3) is 0.250. The number of nitrogens with zero attached hydrogens (tertiary/aromatic N) is 1. The van der Waals surface area contributed by atoms with Crippen LogP contribution in [0, 0.1) is 0 Å². The van der Waals surface area contributed by atoms with E-state index in [2.05, 4.69) is 0 Å². The molecule has 2 aromatic rings. The minimum absolute atomic E-state index is 0. The van der Waals surface area contributed by atoms with Crippen molar-refractivity contribution < 1.29 is 5.21 Å². The summed E-state index contributed by atoms with van der Waals surface area (Å²) in [6.45, 7) is 0. The van der Waals surface area contributed by atoms with Crippen molar-refractivity contribution in [3.8, 4) is 0 Å². The van der Waals surface area contributed by atoms with Gasteiger partial charge < -0.3 is 10.1 Å². The molecule has 0 saturated heterocycles. The molecular formula is C16H28Cl2N2O. The van der Waals surface area contributed by atoms with E-state index < -0.39 is 0 Å². The van der Waals surface area contributed by atoms with Crippen LogP contribution in [0.2, 0.25) is 0 Å². The molecule has 0 aliphatic heterocycles. The summed E-state index contributed by atoms with van der Waals surface area (Å²) in [5.41, 5.74) is 1.75. The van der Waals surface area contributed by atoms with E-state index in [1.807, 2.05) is 98.8 Å². The summed E-state index contributed by atoms with van der Waals surface area (Å²) in [4.78, 5) is 2.00. The van der Waals surface area contributed by atoms with Crippen LogP contribution >= 0.6 is 24.8 Å². The zero-order chi connectivity index (χ0) is 14.8. The van der Waals surface area contributed by atoms with E-state index in [4.69, 9.17) is 5.21 Å². The molecule has 122 valence electrons. The maximum absolute atomic E-state index is 7.32. The van der Waals surface area contributed by atoms with Gasteiger partial charge in [-0.2, -0.15) is 0 Å². The lowest BCUT2D eigenvalue weighted by atomic mass is 10.4. The summed E-state index contributed by atoms with van der Waals surface area (Å²) in [7, 11) is 7.43. The highest BCUT2D eigenvalue weighted by molar-refractivity contribution is 5.85. The van der Waals surface area contributed by atoms with Gasteiger partial charge in [0.05, 0.1) is 0 Å². The first kappa shape index (κ1) is 28.1. The monoisotopic (exact) mass is 334 g/mol. The van der Waals surface area contributed by atoms with Crippen molar-refractivity contribution in [1.29, 1.82) is 0 Å². The zero-order valence-electron chi connectivity index (χ0n) is 13.1. The molecule has 0 saturated carbocycles. The first-order valence-electron chi connectivity index (χ1n) is 6.07. The molecule has 0 fully saturated rings. The Morgan fingerprint density at radius 2 is 0.619 bits per heavy atom. The third kappa shape index (κ3) is 45.4. The highest BCUT2D eigenvalue weighted by atomic mass is 35.5. The third-order valence-corrected chi connectivity index (χ3v) is 1.33. The van der Waals surface area contributed by atoms with Gasteiger partial charge in [-0.05, 0) is 21.1 Å². The zero-order valence-corrected chi connectivity index (χ0v) is 14.8. The Labute approximate surface area is 141 Å². The normalized spacial score (nSPS) is 7.14. The fourth-order valence-electron chi connectivity index (χ4n) is 0.770. The highest BCUT2D eigenvalue weighted by Crippen LogP contribution is 1.80. The first-order chi connectivity index (χ1) is 9.15. The molecule has 0 aliphatic carbocycles. The Hall–Kier alpha value is -1.10. The van der Waals surface area contributed by atoms with Crippen LogP contribution in [0.15, 0.2) is 72.8 Å². The molecule has 0 amide bonds. The molecule has 0 spiro atoms. The van der Waals surface area contributed by atoms with Crippen LogP contribution in [0.25, 0.3) is 0 Å². The van der Waals surface area contributed by atoms with Gasteiger partial charge in [0.25, 0.3) is 0 Å². The minimum Gasteiger partial charge on any atom is -0.317 e. The van der Waals surface area contributed by atoms with Crippen molar-refractivity contribution in [2.45, 2.75) is 0 Å². The van der Waals surface area contributed by atoms with Gasteiger partial charge >= 0.3 is 0 Å². The second kappa shape index (κ2) is 27.3. The van der Waals surface area contributed by atoms with Gasteiger partial charge in [-0.3, -0.25) is 0 Å². The number of hydroxylamine groups is 1. The van der Waals surface area contributed by atoms with E-state index in [0.29, 0.717) is 0 Å². The maximum atomic E-state index is 7.32. The SMILES string of the molecule is CN(C)C.CNO.Cl.Cl.c1ccccc1.c1ccccc1. The van der Waals surface area contributed by atoms with Crippen LogP contribution in [0.5, 0.6) is 0 Å². The fourth-order valence-corrected chi connectivity index (χ4v) is 0.770. The lowest BCUT2D eigenvalue weighted by molar-refractivity contribution is 0.194. The molecule has 0 aliphatic rings. The Morgan fingerprint density at radius 3 is 0.667 bits per heavy atom.